The molecule has 0 saturated heterocycles. The van der Waals surface area contributed by atoms with Crippen molar-refractivity contribution in [1.82, 2.24) is 0 Å². The third kappa shape index (κ3) is 8.24. The molecule has 0 radical (unpaired) electrons. The van der Waals surface area contributed by atoms with Crippen LogP contribution >= 0.6 is 0 Å². The fraction of sp³-hybridized carbons (Fsp3) is 0.158. The first-order valence-electron chi connectivity index (χ1n) is 14.7. The number of benzene rings is 5. The van der Waals surface area contributed by atoms with Crippen LogP contribution in [0.4, 0.5) is 17.6 Å². The van der Waals surface area contributed by atoms with Gasteiger partial charge in [-0.25, -0.2) is 9.18 Å². The summed E-state index contributed by atoms with van der Waals surface area (Å²) in [6, 6.07) is 27.1. The number of carboxylic acids is 1. The molecule has 47 heavy (non-hydrogen) atoms. The van der Waals surface area contributed by atoms with Gasteiger partial charge in [-0.1, -0.05) is 50.2 Å². The molecular formula is C38H30F4O5. The van der Waals surface area contributed by atoms with Crippen LogP contribution < -0.4 is 9.47 Å². The molecular weight excluding hydrogens is 612 g/mol. The SMILES string of the molecule is CC(C)c1cc(CC(=O)c2ccc(Oc3ccc(F)cc3)cc2)c(C(=O)O)cc1-c1ccc(COc2cccc(C(F)(F)F)c2)cc1. The Hall–Kier alpha value is -5.44. The summed E-state index contributed by atoms with van der Waals surface area (Å²) >= 11 is 0. The Kier molecular flexibility index (Phi) is 9.75. The second kappa shape index (κ2) is 13.9. The molecule has 0 aliphatic carbocycles. The number of carbonyl (C=O) groups is 2. The van der Waals surface area contributed by atoms with Crippen LogP contribution in [0.1, 0.15) is 62.7 Å². The van der Waals surface area contributed by atoms with E-state index in [0.717, 1.165) is 23.3 Å². The largest absolute Gasteiger partial charge is 0.489 e. The summed E-state index contributed by atoms with van der Waals surface area (Å²) in [5.74, 6) is -0.835. The highest BCUT2D eigenvalue weighted by Crippen LogP contribution is 2.34. The molecule has 1 N–H and O–H groups in total. The van der Waals surface area contributed by atoms with Gasteiger partial charge >= 0.3 is 12.1 Å². The molecule has 0 aliphatic rings. The first-order valence-corrected chi connectivity index (χ1v) is 14.7. The van der Waals surface area contributed by atoms with Crippen molar-refractivity contribution in [3.8, 4) is 28.4 Å². The van der Waals surface area contributed by atoms with Crippen molar-refractivity contribution in [1.29, 1.82) is 0 Å². The molecule has 0 bridgehead atoms. The molecule has 5 aromatic rings. The smallest absolute Gasteiger partial charge is 0.416 e. The molecule has 0 aromatic heterocycles. The maximum Gasteiger partial charge on any atom is 0.416 e. The first kappa shape index (κ1) is 32.9. The van der Waals surface area contributed by atoms with Crippen molar-refractivity contribution in [2.24, 2.45) is 0 Å². The summed E-state index contributed by atoms with van der Waals surface area (Å²) in [7, 11) is 0. The van der Waals surface area contributed by atoms with Crippen LogP contribution in [-0.2, 0) is 19.2 Å². The highest BCUT2D eigenvalue weighted by Gasteiger charge is 2.30. The minimum Gasteiger partial charge on any atom is -0.489 e. The van der Waals surface area contributed by atoms with Gasteiger partial charge < -0.3 is 14.6 Å². The molecule has 0 aliphatic heterocycles. The van der Waals surface area contributed by atoms with E-state index in [4.69, 9.17) is 9.47 Å². The van der Waals surface area contributed by atoms with Gasteiger partial charge in [0.1, 0.15) is 29.7 Å². The zero-order valence-corrected chi connectivity index (χ0v) is 25.5. The van der Waals surface area contributed by atoms with Gasteiger partial charge in [0.25, 0.3) is 0 Å². The average molecular weight is 643 g/mol. The molecule has 5 nitrogen and oxygen atoms in total. The Morgan fingerprint density at radius 1 is 0.787 bits per heavy atom. The average Bonchev–Trinajstić information content (AvgIpc) is 3.05. The number of hydrogen-bond donors (Lipinski definition) is 1. The van der Waals surface area contributed by atoms with Gasteiger partial charge in [0, 0.05) is 12.0 Å². The van der Waals surface area contributed by atoms with Crippen LogP contribution in [0.15, 0.2) is 109 Å². The lowest BCUT2D eigenvalue weighted by Crippen LogP contribution is -2.11. The molecule has 0 amide bonds. The van der Waals surface area contributed by atoms with Gasteiger partial charge in [-0.2, -0.15) is 13.2 Å². The summed E-state index contributed by atoms with van der Waals surface area (Å²) in [6.07, 6.45) is -4.60. The lowest BCUT2D eigenvalue weighted by atomic mass is 9.86. The van der Waals surface area contributed by atoms with Crippen molar-refractivity contribution in [2.45, 2.75) is 39.0 Å². The standard InChI is InChI=1S/C38H30F4O5/c1-23(2)33-18-27(19-36(43)26-10-14-30(15-11-26)47-31-16-12-29(39)13-17-31)35(37(44)45)21-34(33)25-8-6-24(7-9-25)22-46-32-5-3-4-28(20-32)38(40,41)42/h3-18,20-21,23H,19,22H2,1-2H3,(H,44,45). The maximum atomic E-state index is 13.3. The molecule has 0 spiro atoms. The minimum atomic E-state index is -4.47. The number of carboxylic acid groups (broad SMARTS) is 1. The Balaban J connectivity index is 1.33. The molecule has 5 rings (SSSR count). The van der Waals surface area contributed by atoms with Crippen LogP contribution in [0.3, 0.4) is 0 Å². The van der Waals surface area contributed by atoms with E-state index < -0.39 is 17.7 Å². The van der Waals surface area contributed by atoms with Crippen molar-refractivity contribution in [3.63, 3.8) is 0 Å². The second-order valence-electron chi connectivity index (χ2n) is 11.2. The van der Waals surface area contributed by atoms with Crippen molar-refractivity contribution < 1.29 is 41.7 Å². The predicted octanol–water partition coefficient (Wildman–Crippen LogP) is 10.1. The number of Topliss-reactive ketones (excluding diaryl/α,β-unsaturated/α-hetero) is 1. The predicted molar refractivity (Wildman–Crippen MR) is 170 cm³/mol. The number of rotatable bonds is 11. The number of alkyl halides is 3. The second-order valence-corrected chi connectivity index (χ2v) is 11.2. The van der Waals surface area contributed by atoms with Crippen LogP contribution in [-0.4, -0.2) is 16.9 Å². The van der Waals surface area contributed by atoms with E-state index in [9.17, 15) is 32.3 Å². The first-order chi connectivity index (χ1) is 22.4. The Bertz CT molecular complexity index is 1880. The summed E-state index contributed by atoms with van der Waals surface area (Å²) in [4.78, 5) is 25.6. The lowest BCUT2D eigenvalue weighted by molar-refractivity contribution is -0.137. The molecule has 5 aromatic carbocycles. The van der Waals surface area contributed by atoms with Gasteiger partial charge in [-0.3, -0.25) is 4.79 Å². The molecule has 0 heterocycles. The van der Waals surface area contributed by atoms with Crippen LogP contribution in [0.5, 0.6) is 17.2 Å². The van der Waals surface area contributed by atoms with E-state index in [1.807, 2.05) is 13.8 Å². The van der Waals surface area contributed by atoms with Gasteiger partial charge in [-0.05, 0) is 107 Å². The highest BCUT2D eigenvalue weighted by molar-refractivity contribution is 6.00. The molecule has 0 unspecified atom stereocenters. The number of halogens is 4. The van der Waals surface area contributed by atoms with E-state index in [1.54, 1.807) is 60.7 Å². The Labute approximate surface area is 269 Å². The van der Waals surface area contributed by atoms with Gasteiger partial charge in [0.15, 0.2) is 5.78 Å². The van der Waals surface area contributed by atoms with Crippen molar-refractivity contribution in [2.75, 3.05) is 0 Å². The quantitative estimate of drug-likeness (QED) is 0.115. The summed E-state index contributed by atoms with van der Waals surface area (Å²) in [6.45, 7) is 3.99. The van der Waals surface area contributed by atoms with E-state index in [2.05, 4.69) is 0 Å². The summed E-state index contributed by atoms with van der Waals surface area (Å²) in [5.41, 5.74) is 2.98. The van der Waals surface area contributed by atoms with Gasteiger partial charge in [-0.15, -0.1) is 0 Å². The summed E-state index contributed by atoms with van der Waals surface area (Å²) < 4.78 is 63.5. The van der Waals surface area contributed by atoms with E-state index >= 15 is 0 Å². The molecule has 240 valence electrons. The third-order valence-corrected chi connectivity index (χ3v) is 7.54. The maximum absolute atomic E-state index is 13.3. The number of ketones is 1. The minimum absolute atomic E-state index is 0.00553. The fourth-order valence-electron chi connectivity index (χ4n) is 5.07. The molecule has 9 heteroatoms. The topological polar surface area (TPSA) is 72.8 Å². The monoisotopic (exact) mass is 642 g/mol. The molecule has 0 saturated carbocycles. The Morgan fingerprint density at radius 3 is 2.02 bits per heavy atom. The van der Waals surface area contributed by atoms with Crippen molar-refractivity contribution >= 4 is 11.8 Å². The fourth-order valence-corrected chi connectivity index (χ4v) is 5.07. The number of ether oxygens (including phenoxy) is 2. The zero-order valence-electron chi connectivity index (χ0n) is 25.5. The number of carbonyl (C=O) groups excluding carboxylic acids is 1. The normalized spacial score (nSPS) is 11.4. The van der Waals surface area contributed by atoms with Crippen molar-refractivity contribution in [3.05, 3.63) is 148 Å². The van der Waals surface area contributed by atoms with Crippen LogP contribution in [0, 0.1) is 5.82 Å². The zero-order chi connectivity index (χ0) is 33.7. The third-order valence-electron chi connectivity index (χ3n) is 7.54. The Morgan fingerprint density at radius 2 is 1.43 bits per heavy atom. The lowest BCUT2D eigenvalue weighted by Gasteiger charge is -2.18. The van der Waals surface area contributed by atoms with E-state index in [-0.39, 0.29) is 41.9 Å². The van der Waals surface area contributed by atoms with E-state index in [1.165, 1.54) is 36.4 Å². The summed E-state index contributed by atoms with van der Waals surface area (Å²) in [5, 5.41) is 10.1. The molecule has 0 fully saturated rings. The molecule has 0 atom stereocenters. The van der Waals surface area contributed by atoms with E-state index in [0.29, 0.717) is 33.8 Å². The highest BCUT2D eigenvalue weighted by atomic mass is 19.4. The number of aromatic carboxylic acids is 1. The van der Waals surface area contributed by atoms with Crippen LogP contribution in [0.2, 0.25) is 0 Å². The number of hydrogen-bond acceptors (Lipinski definition) is 4. The van der Waals surface area contributed by atoms with Gasteiger partial charge in [0.2, 0.25) is 0 Å². The van der Waals surface area contributed by atoms with Gasteiger partial charge in [0.05, 0.1) is 11.1 Å². The van der Waals surface area contributed by atoms with Crippen LogP contribution in [0.25, 0.3) is 11.1 Å².